The Balaban J connectivity index is 5.08. The molecule has 0 aliphatic rings. The van der Waals surface area contributed by atoms with Gasteiger partial charge in [-0.3, -0.25) is 19.4 Å². The molecular weight excluding hydrogens is 224 g/mol. The molecule has 0 aliphatic heterocycles. The van der Waals surface area contributed by atoms with Crippen LogP contribution in [0.2, 0.25) is 0 Å². The molecular formula is C7H18N2O7. The zero-order valence-electron chi connectivity index (χ0n) is 10.3. The Hall–Kier alpha value is -0.360. The van der Waals surface area contributed by atoms with Gasteiger partial charge in [-0.15, -0.1) is 0 Å². The van der Waals surface area contributed by atoms with Gasteiger partial charge in [0.15, 0.2) is 0 Å². The molecule has 0 spiro atoms. The van der Waals surface area contributed by atoms with Crippen LogP contribution in [0, 0.1) is 0 Å². The Morgan fingerprint density at radius 2 is 1.06 bits per heavy atom. The Kier molecular flexibility index (Phi) is 7.66. The van der Waals surface area contributed by atoms with Crippen molar-refractivity contribution in [2.75, 3.05) is 42.7 Å². The normalized spacial score (nSPS) is 12.8. The molecule has 9 heteroatoms. The summed E-state index contributed by atoms with van der Waals surface area (Å²) < 4.78 is 5.07. The summed E-state index contributed by atoms with van der Waals surface area (Å²) in [5, 5.41) is 1.65. The number of hydrogen-bond acceptors (Lipinski definition) is 9. The van der Waals surface area contributed by atoms with Crippen LogP contribution in [-0.2, 0) is 33.9 Å². The zero-order valence-corrected chi connectivity index (χ0v) is 10.3. The number of methoxy groups -OCH3 is 1. The van der Waals surface area contributed by atoms with Gasteiger partial charge in [0, 0.05) is 17.6 Å². The van der Waals surface area contributed by atoms with Gasteiger partial charge in [-0.05, 0) is 0 Å². The molecule has 0 amide bonds. The van der Waals surface area contributed by atoms with Crippen LogP contribution < -0.4 is 0 Å². The number of rotatable bonds is 9. The van der Waals surface area contributed by atoms with E-state index in [1.807, 2.05) is 0 Å². The Bertz CT molecular complexity index is 162. The van der Waals surface area contributed by atoms with E-state index in [2.05, 4.69) is 4.89 Å². The van der Waals surface area contributed by atoms with Crippen molar-refractivity contribution in [3.8, 4) is 0 Å². The quantitative estimate of drug-likeness (QED) is 0.307. The third kappa shape index (κ3) is 3.07. The van der Waals surface area contributed by atoms with Crippen molar-refractivity contribution in [1.29, 1.82) is 0 Å². The number of ether oxygens (including phenoxy) is 1. The van der Waals surface area contributed by atoms with Crippen molar-refractivity contribution in [1.82, 2.24) is 10.5 Å². The topological polar surface area (TPSA) is 71.1 Å². The van der Waals surface area contributed by atoms with Gasteiger partial charge in [0.05, 0.1) is 35.5 Å². The number of nitrogens with zero attached hydrogens (tertiary/aromatic N) is 2. The standard InChI is InChI=1S/C7H18N2O7/c1-10-7(16-15-6,8(11-2)12-3)9(13-4)14-5/h1-6H3. The highest BCUT2D eigenvalue weighted by atomic mass is 17.3. The highest BCUT2D eigenvalue weighted by molar-refractivity contribution is 4.47. The fourth-order valence-corrected chi connectivity index (χ4v) is 1.03. The summed E-state index contributed by atoms with van der Waals surface area (Å²) in [6.45, 7) is 0. The lowest BCUT2D eigenvalue weighted by Crippen LogP contribution is -2.62. The van der Waals surface area contributed by atoms with E-state index < -0.39 is 6.03 Å². The van der Waals surface area contributed by atoms with Crippen LogP contribution in [-0.4, -0.2) is 59.1 Å². The summed E-state index contributed by atoms with van der Waals surface area (Å²) in [7, 11) is 7.93. The SMILES string of the molecule is COOC(OC)(N(OC)OC)N(OC)OC. The first-order chi connectivity index (χ1) is 7.66. The van der Waals surface area contributed by atoms with Crippen LogP contribution in [0.1, 0.15) is 0 Å². The van der Waals surface area contributed by atoms with E-state index >= 15 is 0 Å². The van der Waals surface area contributed by atoms with E-state index in [-0.39, 0.29) is 0 Å². The van der Waals surface area contributed by atoms with Crippen LogP contribution in [0.15, 0.2) is 0 Å². The van der Waals surface area contributed by atoms with E-state index in [0.717, 1.165) is 10.5 Å². The predicted molar refractivity (Wildman–Crippen MR) is 49.5 cm³/mol. The number of hydrogen-bond donors (Lipinski definition) is 0. The molecule has 0 saturated carbocycles. The fourth-order valence-electron chi connectivity index (χ4n) is 1.03. The second kappa shape index (κ2) is 7.84. The molecule has 0 atom stereocenters. The molecule has 0 N–H and O–H groups in total. The summed E-state index contributed by atoms with van der Waals surface area (Å²) in [5.41, 5.74) is 0. The maximum Gasteiger partial charge on any atom is 0.416 e. The third-order valence-corrected chi connectivity index (χ3v) is 1.58. The first kappa shape index (κ1) is 15.6. The highest BCUT2D eigenvalue weighted by Crippen LogP contribution is 2.24. The lowest BCUT2D eigenvalue weighted by Gasteiger charge is -2.39. The average molecular weight is 242 g/mol. The summed E-state index contributed by atoms with van der Waals surface area (Å²) >= 11 is 0. The minimum atomic E-state index is -1.82. The van der Waals surface area contributed by atoms with Gasteiger partial charge in [-0.25, -0.2) is 4.89 Å². The minimum absolute atomic E-state index is 0.823. The number of hydroxylamine groups is 4. The molecule has 0 aromatic heterocycles. The van der Waals surface area contributed by atoms with Crippen LogP contribution >= 0.6 is 0 Å². The Morgan fingerprint density at radius 1 is 0.688 bits per heavy atom. The molecule has 0 bridgehead atoms. The second-order valence-electron chi connectivity index (χ2n) is 2.25. The highest BCUT2D eigenvalue weighted by Gasteiger charge is 2.51. The maximum atomic E-state index is 5.07. The van der Waals surface area contributed by atoms with Gasteiger partial charge in [-0.2, -0.15) is 4.89 Å². The molecule has 0 heterocycles. The van der Waals surface area contributed by atoms with E-state index in [4.69, 9.17) is 29.0 Å². The van der Waals surface area contributed by atoms with Gasteiger partial charge in [-0.1, -0.05) is 0 Å². The van der Waals surface area contributed by atoms with Crippen molar-refractivity contribution in [3.63, 3.8) is 0 Å². The van der Waals surface area contributed by atoms with Crippen LogP contribution in [0.4, 0.5) is 0 Å². The van der Waals surface area contributed by atoms with Crippen LogP contribution in [0.5, 0.6) is 0 Å². The van der Waals surface area contributed by atoms with E-state index in [0.29, 0.717) is 0 Å². The van der Waals surface area contributed by atoms with Crippen LogP contribution in [0.3, 0.4) is 0 Å². The molecule has 0 aromatic rings. The molecule has 16 heavy (non-hydrogen) atoms. The second-order valence-corrected chi connectivity index (χ2v) is 2.25. The summed E-state index contributed by atoms with van der Waals surface area (Å²) in [4.78, 5) is 28.9. The minimum Gasteiger partial charge on any atom is -0.319 e. The molecule has 0 radical (unpaired) electrons. The fraction of sp³-hybridized carbons (Fsp3) is 1.00. The molecule has 0 fully saturated rings. The van der Waals surface area contributed by atoms with Gasteiger partial charge in [0.25, 0.3) is 0 Å². The Morgan fingerprint density at radius 3 is 1.25 bits per heavy atom. The molecule has 9 nitrogen and oxygen atoms in total. The first-order valence-corrected chi connectivity index (χ1v) is 4.20. The van der Waals surface area contributed by atoms with Crippen molar-refractivity contribution in [2.45, 2.75) is 6.03 Å². The molecule has 0 aliphatic carbocycles. The van der Waals surface area contributed by atoms with E-state index in [9.17, 15) is 0 Å². The van der Waals surface area contributed by atoms with Crippen LogP contribution in [0.25, 0.3) is 0 Å². The zero-order chi connectivity index (χ0) is 12.6. The van der Waals surface area contributed by atoms with E-state index in [1.54, 1.807) is 0 Å². The van der Waals surface area contributed by atoms with Gasteiger partial charge in [0.2, 0.25) is 0 Å². The lowest BCUT2D eigenvalue weighted by molar-refractivity contribution is -0.663. The largest absolute Gasteiger partial charge is 0.416 e. The first-order valence-electron chi connectivity index (χ1n) is 4.20. The molecule has 0 saturated heterocycles. The van der Waals surface area contributed by atoms with Crippen molar-refractivity contribution >= 4 is 0 Å². The van der Waals surface area contributed by atoms with Gasteiger partial charge < -0.3 is 4.74 Å². The summed E-state index contributed by atoms with van der Waals surface area (Å²) in [6, 6.07) is -1.82. The molecule has 0 rings (SSSR count). The molecule has 0 aromatic carbocycles. The maximum absolute atomic E-state index is 5.07. The third-order valence-electron chi connectivity index (χ3n) is 1.58. The summed E-state index contributed by atoms with van der Waals surface area (Å²) in [5.74, 6) is 0. The van der Waals surface area contributed by atoms with E-state index in [1.165, 1.54) is 42.7 Å². The average Bonchev–Trinajstić information content (AvgIpc) is 2.31. The van der Waals surface area contributed by atoms with Crippen molar-refractivity contribution in [2.24, 2.45) is 0 Å². The Labute approximate surface area is 94.0 Å². The lowest BCUT2D eigenvalue weighted by atomic mass is 10.8. The van der Waals surface area contributed by atoms with Crippen molar-refractivity contribution in [3.05, 3.63) is 0 Å². The van der Waals surface area contributed by atoms with Crippen molar-refractivity contribution < 1.29 is 33.9 Å². The van der Waals surface area contributed by atoms with Gasteiger partial charge >= 0.3 is 6.03 Å². The summed E-state index contributed by atoms with van der Waals surface area (Å²) in [6.07, 6.45) is 0. The smallest absolute Gasteiger partial charge is 0.319 e. The predicted octanol–water partition coefficient (Wildman–Crippen LogP) is -0.328. The molecule has 98 valence electrons. The monoisotopic (exact) mass is 242 g/mol. The van der Waals surface area contributed by atoms with Gasteiger partial charge in [0.1, 0.15) is 0 Å². The molecule has 0 unspecified atom stereocenters.